The highest BCUT2D eigenvalue weighted by atomic mass is 79.9. The van der Waals surface area contributed by atoms with E-state index in [-0.39, 0.29) is 11.4 Å². The summed E-state index contributed by atoms with van der Waals surface area (Å²) in [6.45, 7) is 0.509. The molecule has 0 bridgehead atoms. The minimum atomic E-state index is -3.28. The number of nitro benzene ring substituents is 1. The SMILES string of the molecule is CNS(=O)(=O)Cc1ccc(CNc2ccc([N+](=O)[O-])cc2Br)cc1. The van der Waals surface area contributed by atoms with Crippen LogP contribution in [0, 0.1) is 10.1 Å². The molecule has 0 saturated carbocycles. The lowest BCUT2D eigenvalue weighted by Gasteiger charge is -2.09. The van der Waals surface area contributed by atoms with Crippen LogP contribution in [0.5, 0.6) is 0 Å². The summed E-state index contributed by atoms with van der Waals surface area (Å²) in [4.78, 5) is 10.3. The van der Waals surface area contributed by atoms with Crippen molar-refractivity contribution < 1.29 is 13.3 Å². The number of nitrogens with zero attached hydrogens (tertiary/aromatic N) is 1. The van der Waals surface area contributed by atoms with Crippen LogP contribution in [0.15, 0.2) is 46.9 Å². The molecule has 0 unspecified atom stereocenters. The fourth-order valence-electron chi connectivity index (χ4n) is 2.00. The lowest BCUT2D eigenvalue weighted by atomic mass is 10.1. The van der Waals surface area contributed by atoms with E-state index in [4.69, 9.17) is 0 Å². The van der Waals surface area contributed by atoms with Gasteiger partial charge in [-0.25, -0.2) is 13.1 Å². The number of sulfonamides is 1. The highest BCUT2D eigenvalue weighted by molar-refractivity contribution is 9.10. The van der Waals surface area contributed by atoms with Crippen LogP contribution in [0.1, 0.15) is 11.1 Å². The van der Waals surface area contributed by atoms with Crippen molar-refractivity contribution in [1.29, 1.82) is 0 Å². The number of anilines is 1. The van der Waals surface area contributed by atoms with Crippen LogP contribution in [0.2, 0.25) is 0 Å². The first-order chi connectivity index (χ1) is 11.3. The molecule has 7 nitrogen and oxygen atoms in total. The zero-order chi connectivity index (χ0) is 17.7. The Labute approximate surface area is 148 Å². The number of benzene rings is 2. The minimum Gasteiger partial charge on any atom is -0.380 e. The zero-order valence-electron chi connectivity index (χ0n) is 12.8. The van der Waals surface area contributed by atoms with Crippen molar-refractivity contribution in [2.24, 2.45) is 0 Å². The van der Waals surface area contributed by atoms with Gasteiger partial charge in [0.25, 0.3) is 5.69 Å². The Hall–Kier alpha value is -1.97. The van der Waals surface area contributed by atoms with Crippen LogP contribution in [0.25, 0.3) is 0 Å². The van der Waals surface area contributed by atoms with Gasteiger partial charge in [-0.05, 0) is 40.2 Å². The first-order valence-electron chi connectivity index (χ1n) is 6.97. The lowest BCUT2D eigenvalue weighted by molar-refractivity contribution is -0.384. The van der Waals surface area contributed by atoms with E-state index in [1.807, 2.05) is 12.1 Å². The number of nitro groups is 1. The number of non-ortho nitro benzene ring substituents is 1. The number of rotatable bonds is 7. The van der Waals surface area contributed by atoms with Crippen molar-refractivity contribution in [1.82, 2.24) is 4.72 Å². The highest BCUT2D eigenvalue weighted by Crippen LogP contribution is 2.27. The van der Waals surface area contributed by atoms with Gasteiger partial charge in [-0.3, -0.25) is 10.1 Å². The number of nitrogens with one attached hydrogen (secondary N) is 2. The predicted octanol–water partition coefficient (Wildman–Crippen LogP) is 3.02. The Morgan fingerprint density at radius 1 is 1.12 bits per heavy atom. The maximum atomic E-state index is 11.5. The van der Waals surface area contributed by atoms with Crippen LogP contribution < -0.4 is 10.0 Å². The molecule has 0 aliphatic carbocycles. The molecular weight excluding hydrogens is 398 g/mol. The molecule has 2 rings (SSSR count). The molecule has 0 amide bonds. The Kier molecular flexibility index (Phi) is 5.92. The molecule has 9 heteroatoms. The molecule has 0 heterocycles. The average molecular weight is 414 g/mol. The zero-order valence-corrected chi connectivity index (χ0v) is 15.2. The second-order valence-electron chi connectivity index (χ2n) is 5.05. The minimum absolute atomic E-state index is 0.0162. The summed E-state index contributed by atoms with van der Waals surface area (Å²) in [6, 6.07) is 11.7. The Balaban J connectivity index is 2.01. The van der Waals surface area contributed by atoms with Gasteiger partial charge in [-0.1, -0.05) is 24.3 Å². The third-order valence-corrected chi connectivity index (χ3v) is 5.33. The molecule has 2 aromatic carbocycles. The molecule has 0 aromatic heterocycles. The van der Waals surface area contributed by atoms with Crippen LogP contribution in [-0.4, -0.2) is 20.4 Å². The van der Waals surface area contributed by atoms with Gasteiger partial charge in [0.1, 0.15) is 0 Å². The normalized spacial score (nSPS) is 11.2. The van der Waals surface area contributed by atoms with E-state index in [2.05, 4.69) is 26.0 Å². The highest BCUT2D eigenvalue weighted by Gasteiger charge is 2.10. The molecule has 2 N–H and O–H groups in total. The van der Waals surface area contributed by atoms with E-state index in [0.717, 1.165) is 11.3 Å². The van der Waals surface area contributed by atoms with Crippen LogP contribution in [-0.2, 0) is 22.3 Å². The van der Waals surface area contributed by atoms with E-state index in [9.17, 15) is 18.5 Å². The van der Waals surface area contributed by atoms with E-state index < -0.39 is 14.9 Å². The molecule has 128 valence electrons. The van der Waals surface area contributed by atoms with E-state index in [0.29, 0.717) is 16.6 Å². The number of hydrogen-bond donors (Lipinski definition) is 2. The predicted molar refractivity (Wildman–Crippen MR) is 96.2 cm³/mol. The number of halogens is 1. The van der Waals surface area contributed by atoms with E-state index >= 15 is 0 Å². The van der Waals surface area contributed by atoms with Gasteiger partial charge in [0.05, 0.1) is 10.7 Å². The summed E-state index contributed by atoms with van der Waals surface area (Å²) in [6.07, 6.45) is 0. The summed E-state index contributed by atoms with van der Waals surface area (Å²) in [5.74, 6) is -0.0644. The summed E-state index contributed by atoms with van der Waals surface area (Å²) >= 11 is 3.30. The summed E-state index contributed by atoms with van der Waals surface area (Å²) in [7, 11) is -1.90. The molecule has 0 radical (unpaired) electrons. The van der Waals surface area contributed by atoms with Crippen molar-refractivity contribution in [3.63, 3.8) is 0 Å². The molecule has 0 aliphatic rings. The number of hydrogen-bond acceptors (Lipinski definition) is 5. The molecule has 0 saturated heterocycles. The lowest BCUT2D eigenvalue weighted by Crippen LogP contribution is -2.20. The van der Waals surface area contributed by atoms with Crippen LogP contribution >= 0.6 is 15.9 Å². The van der Waals surface area contributed by atoms with Crippen molar-refractivity contribution in [2.75, 3.05) is 12.4 Å². The molecule has 0 spiro atoms. The van der Waals surface area contributed by atoms with Crippen LogP contribution in [0.4, 0.5) is 11.4 Å². The van der Waals surface area contributed by atoms with E-state index in [1.54, 1.807) is 18.2 Å². The third kappa shape index (κ3) is 5.02. The third-order valence-electron chi connectivity index (χ3n) is 3.34. The second kappa shape index (κ2) is 7.73. The van der Waals surface area contributed by atoms with Crippen molar-refractivity contribution in [3.8, 4) is 0 Å². The Morgan fingerprint density at radius 3 is 2.29 bits per heavy atom. The second-order valence-corrected chi connectivity index (χ2v) is 7.84. The topological polar surface area (TPSA) is 101 Å². The maximum Gasteiger partial charge on any atom is 0.270 e. The van der Waals surface area contributed by atoms with Gasteiger partial charge in [0.15, 0.2) is 0 Å². The first kappa shape index (κ1) is 18.4. The smallest absolute Gasteiger partial charge is 0.270 e. The molecular formula is C15H16BrN3O4S. The molecule has 2 aromatic rings. The summed E-state index contributed by atoms with van der Waals surface area (Å²) in [5.41, 5.74) is 2.42. The molecule has 0 aliphatic heterocycles. The molecule has 0 fully saturated rings. The largest absolute Gasteiger partial charge is 0.380 e. The van der Waals surface area contributed by atoms with Crippen LogP contribution in [0.3, 0.4) is 0 Å². The van der Waals surface area contributed by atoms with Gasteiger partial charge < -0.3 is 5.32 Å². The van der Waals surface area contributed by atoms with Gasteiger partial charge in [-0.15, -0.1) is 0 Å². The van der Waals surface area contributed by atoms with Crippen molar-refractivity contribution in [2.45, 2.75) is 12.3 Å². The summed E-state index contributed by atoms with van der Waals surface area (Å²) in [5, 5.41) is 13.9. The van der Waals surface area contributed by atoms with Crippen molar-refractivity contribution >= 4 is 37.3 Å². The fraction of sp³-hybridized carbons (Fsp3) is 0.200. The fourth-order valence-corrected chi connectivity index (χ4v) is 3.29. The summed E-state index contributed by atoms with van der Waals surface area (Å²) < 4.78 is 25.9. The van der Waals surface area contributed by atoms with Gasteiger partial charge in [-0.2, -0.15) is 0 Å². The van der Waals surface area contributed by atoms with Gasteiger partial charge in [0, 0.05) is 28.8 Å². The standard InChI is InChI=1S/C15H16BrN3O4S/c1-17-24(22,23)10-12-4-2-11(3-5-12)9-18-15-7-6-13(19(20)21)8-14(15)16/h2-8,17-18H,9-10H2,1H3. The quantitative estimate of drug-likeness (QED) is 0.536. The molecule has 0 atom stereocenters. The van der Waals surface area contributed by atoms with Gasteiger partial charge >= 0.3 is 0 Å². The average Bonchev–Trinajstić information content (AvgIpc) is 2.54. The van der Waals surface area contributed by atoms with Crippen molar-refractivity contribution in [3.05, 3.63) is 68.2 Å². The Morgan fingerprint density at radius 2 is 1.75 bits per heavy atom. The first-order valence-corrected chi connectivity index (χ1v) is 9.42. The molecule has 24 heavy (non-hydrogen) atoms. The van der Waals surface area contributed by atoms with E-state index in [1.165, 1.54) is 19.2 Å². The Bertz CT molecular complexity index is 838. The maximum absolute atomic E-state index is 11.5. The monoisotopic (exact) mass is 413 g/mol. The van der Waals surface area contributed by atoms with Gasteiger partial charge in [0.2, 0.25) is 10.0 Å².